The molecule has 14 heteroatoms. The Morgan fingerprint density at radius 1 is 0.560 bits per heavy atom. The Morgan fingerprint density at radius 2 is 0.960 bits per heavy atom. The van der Waals surface area contributed by atoms with E-state index in [0.717, 1.165) is 55.3 Å². The highest BCUT2D eigenvalue weighted by atomic mass is 35.5. The fourth-order valence-corrected chi connectivity index (χ4v) is 6.72. The van der Waals surface area contributed by atoms with Crippen molar-refractivity contribution in [2.75, 3.05) is 23.8 Å². The van der Waals surface area contributed by atoms with Crippen molar-refractivity contribution in [3.8, 4) is 22.5 Å². The predicted octanol–water partition coefficient (Wildman–Crippen LogP) is 10.9. The molecule has 50 heavy (non-hydrogen) atoms. The first-order valence-corrected chi connectivity index (χ1v) is 18.3. The zero-order chi connectivity index (χ0) is 35.0. The van der Waals surface area contributed by atoms with Crippen LogP contribution in [0.3, 0.4) is 0 Å². The molecule has 0 atom stereocenters. The first-order chi connectivity index (χ1) is 24.2. The van der Waals surface area contributed by atoms with E-state index < -0.39 is 11.9 Å². The Kier molecular flexibility index (Phi) is 11.9. The summed E-state index contributed by atoms with van der Waals surface area (Å²) in [4.78, 5) is 33.7. The third-order valence-electron chi connectivity index (χ3n) is 7.26. The highest BCUT2D eigenvalue weighted by Gasteiger charge is 2.17. The van der Waals surface area contributed by atoms with Gasteiger partial charge in [-0.25, -0.2) is 19.6 Å². The molecule has 254 valence electrons. The third kappa shape index (κ3) is 9.54. The average molecular weight is 785 g/mol. The number of carbonyl (C=O) groups excluding carboxylic acids is 2. The SMILES string of the molecule is O=C(OCCc1ccc(-c2csc(Nc3ccc(Cl)c(Cl)c3)n2)cc1)C(=O)OCCc1ccc(-c2csc(Nc3ccc(Cl)c(Cl)c3)n2)cc1. The van der Waals surface area contributed by atoms with Crippen molar-refractivity contribution in [1.82, 2.24) is 9.97 Å². The van der Waals surface area contributed by atoms with Crippen LogP contribution in [0.2, 0.25) is 20.1 Å². The molecule has 4 aromatic carbocycles. The Hall–Kier alpha value is -4.16. The van der Waals surface area contributed by atoms with E-state index in [1.165, 1.54) is 22.7 Å². The molecule has 0 spiro atoms. The number of halogens is 4. The third-order valence-corrected chi connectivity index (χ3v) is 10.3. The maximum atomic E-state index is 12.2. The number of hydrogen-bond donors (Lipinski definition) is 2. The molecule has 0 fully saturated rings. The fraction of sp³-hybridized carbons (Fsp3) is 0.111. The summed E-state index contributed by atoms with van der Waals surface area (Å²) in [6, 6.07) is 26.1. The molecule has 0 saturated heterocycles. The molecule has 2 N–H and O–H groups in total. The van der Waals surface area contributed by atoms with E-state index in [-0.39, 0.29) is 13.2 Å². The minimum absolute atomic E-state index is 0.0461. The van der Waals surface area contributed by atoms with Gasteiger partial charge in [0.05, 0.1) is 44.7 Å². The van der Waals surface area contributed by atoms with E-state index in [1.807, 2.05) is 71.4 Å². The Balaban J connectivity index is 0.899. The molecular formula is C36H26Cl4N4O4S2. The number of nitrogens with zero attached hydrogens (tertiary/aromatic N) is 2. The van der Waals surface area contributed by atoms with E-state index in [4.69, 9.17) is 55.9 Å². The zero-order valence-electron chi connectivity index (χ0n) is 25.9. The van der Waals surface area contributed by atoms with Gasteiger partial charge in [0, 0.05) is 46.1 Å². The molecule has 6 aromatic rings. The second kappa shape index (κ2) is 16.7. The molecule has 2 heterocycles. The smallest absolute Gasteiger partial charge is 0.417 e. The van der Waals surface area contributed by atoms with Crippen LogP contribution >= 0.6 is 69.1 Å². The molecule has 0 unspecified atom stereocenters. The number of benzene rings is 4. The molecule has 0 radical (unpaired) electrons. The number of rotatable bonds is 12. The lowest BCUT2D eigenvalue weighted by atomic mass is 10.1. The standard InChI is InChI=1S/C36H26Cl4N4O4S2/c37-27-11-9-25(17-29(27)39)41-35-43-31(19-49-35)23-5-1-21(2-6-23)13-15-47-33(45)34(46)48-16-14-22-3-7-24(8-4-22)32-20-50-36(44-32)42-26-10-12-28(38)30(40)18-26/h1-12,17-20H,13-16H2,(H,41,43)(H,42,44). The van der Waals surface area contributed by atoms with Gasteiger partial charge in [-0.15, -0.1) is 22.7 Å². The topological polar surface area (TPSA) is 102 Å². The van der Waals surface area contributed by atoms with Gasteiger partial charge < -0.3 is 20.1 Å². The van der Waals surface area contributed by atoms with Crippen LogP contribution in [0.1, 0.15) is 11.1 Å². The van der Waals surface area contributed by atoms with E-state index in [1.54, 1.807) is 24.3 Å². The van der Waals surface area contributed by atoms with Crippen LogP contribution in [0.15, 0.2) is 95.7 Å². The predicted molar refractivity (Wildman–Crippen MR) is 204 cm³/mol. The van der Waals surface area contributed by atoms with Crippen molar-refractivity contribution in [3.05, 3.63) is 127 Å². The Morgan fingerprint density at radius 3 is 1.34 bits per heavy atom. The van der Waals surface area contributed by atoms with Crippen LogP contribution in [0, 0.1) is 0 Å². The van der Waals surface area contributed by atoms with Gasteiger partial charge in [0.25, 0.3) is 0 Å². The number of ether oxygens (including phenoxy) is 2. The number of nitrogens with one attached hydrogen (secondary N) is 2. The monoisotopic (exact) mass is 782 g/mol. The van der Waals surface area contributed by atoms with Gasteiger partial charge in [-0.3, -0.25) is 0 Å². The van der Waals surface area contributed by atoms with Crippen molar-refractivity contribution in [1.29, 1.82) is 0 Å². The number of esters is 2. The van der Waals surface area contributed by atoms with Crippen molar-refractivity contribution < 1.29 is 19.1 Å². The van der Waals surface area contributed by atoms with Crippen molar-refractivity contribution in [3.63, 3.8) is 0 Å². The summed E-state index contributed by atoms with van der Waals surface area (Å²) in [5.41, 5.74) is 6.98. The van der Waals surface area contributed by atoms with Crippen LogP contribution < -0.4 is 10.6 Å². The van der Waals surface area contributed by atoms with Gasteiger partial charge in [0.2, 0.25) is 0 Å². The van der Waals surface area contributed by atoms with Gasteiger partial charge in [0.1, 0.15) is 0 Å². The second-order valence-electron chi connectivity index (χ2n) is 10.7. The molecule has 0 aliphatic heterocycles. The summed E-state index contributed by atoms with van der Waals surface area (Å²) in [5.74, 6) is -2.04. The van der Waals surface area contributed by atoms with Gasteiger partial charge >= 0.3 is 11.9 Å². The molecule has 0 amide bonds. The molecule has 2 aromatic heterocycles. The minimum atomic E-state index is -1.02. The van der Waals surface area contributed by atoms with Crippen molar-refractivity contribution in [2.45, 2.75) is 12.8 Å². The molecule has 0 aliphatic rings. The number of carbonyl (C=O) groups is 2. The van der Waals surface area contributed by atoms with Crippen molar-refractivity contribution in [2.24, 2.45) is 0 Å². The molecule has 0 bridgehead atoms. The summed E-state index contributed by atoms with van der Waals surface area (Å²) in [5, 5.41) is 13.7. The Bertz CT molecular complexity index is 1970. The average Bonchev–Trinajstić information content (AvgIpc) is 3.79. The van der Waals surface area contributed by atoms with Crippen LogP contribution in [0.25, 0.3) is 22.5 Å². The summed E-state index contributed by atoms with van der Waals surface area (Å²) < 4.78 is 10.3. The van der Waals surface area contributed by atoms with Crippen LogP contribution in [0.5, 0.6) is 0 Å². The fourth-order valence-electron chi connectivity index (χ4n) is 4.65. The largest absolute Gasteiger partial charge is 0.457 e. The summed E-state index contributed by atoms with van der Waals surface area (Å²) in [7, 11) is 0. The first kappa shape index (κ1) is 35.7. The highest BCUT2D eigenvalue weighted by molar-refractivity contribution is 7.14. The van der Waals surface area contributed by atoms with E-state index in [9.17, 15) is 9.59 Å². The van der Waals surface area contributed by atoms with Crippen LogP contribution in [0.4, 0.5) is 21.6 Å². The Labute approximate surface area is 315 Å². The zero-order valence-corrected chi connectivity index (χ0v) is 30.6. The van der Waals surface area contributed by atoms with Crippen molar-refractivity contribution >= 4 is 103 Å². The van der Waals surface area contributed by atoms with Crippen LogP contribution in [-0.4, -0.2) is 35.1 Å². The molecular weight excluding hydrogens is 758 g/mol. The number of anilines is 4. The van der Waals surface area contributed by atoms with E-state index in [0.29, 0.717) is 32.9 Å². The molecule has 0 aliphatic carbocycles. The number of hydrogen-bond acceptors (Lipinski definition) is 10. The van der Waals surface area contributed by atoms with E-state index >= 15 is 0 Å². The molecule has 6 rings (SSSR count). The lowest BCUT2D eigenvalue weighted by Gasteiger charge is -2.07. The number of thiazole rings is 2. The normalized spacial score (nSPS) is 10.9. The number of aromatic nitrogens is 2. The summed E-state index contributed by atoms with van der Waals surface area (Å²) in [6.45, 7) is 0.0922. The lowest BCUT2D eigenvalue weighted by Crippen LogP contribution is -2.22. The minimum Gasteiger partial charge on any atom is -0.457 e. The summed E-state index contributed by atoms with van der Waals surface area (Å²) >= 11 is 27.1. The van der Waals surface area contributed by atoms with Gasteiger partial charge in [0.15, 0.2) is 10.3 Å². The quantitative estimate of drug-likeness (QED) is 0.0934. The highest BCUT2D eigenvalue weighted by Crippen LogP contribution is 2.32. The maximum Gasteiger partial charge on any atom is 0.417 e. The van der Waals surface area contributed by atoms with Crippen LogP contribution in [-0.2, 0) is 31.9 Å². The second-order valence-corrected chi connectivity index (χ2v) is 14.1. The van der Waals surface area contributed by atoms with E-state index in [2.05, 4.69) is 20.6 Å². The van der Waals surface area contributed by atoms with Gasteiger partial charge in [-0.05, 0) is 47.5 Å². The maximum absolute atomic E-state index is 12.2. The molecule has 0 saturated carbocycles. The first-order valence-electron chi connectivity index (χ1n) is 15.1. The lowest BCUT2D eigenvalue weighted by molar-refractivity contribution is -0.167. The van der Waals surface area contributed by atoms with Gasteiger partial charge in [-0.1, -0.05) is 94.9 Å². The molecule has 8 nitrogen and oxygen atoms in total. The summed E-state index contributed by atoms with van der Waals surface area (Å²) in [6.07, 6.45) is 0.887. The van der Waals surface area contributed by atoms with Gasteiger partial charge in [-0.2, -0.15) is 0 Å².